The Morgan fingerprint density at radius 3 is 2.48 bits per heavy atom. The number of aromatic nitrogens is 3. The highest BCUT2D eigenvalue weighted by atomic mass is 19.4. The first kappa shape index (κ1) is 20.4. The van der Waals surface area contributed by atoms with Gasteiger partial charge in [-0.15, -0.1) is 0 Å². The van der Waals surface area contributed by atoms with Gasteiger partial charge in [0.05, 0.1) is 23.8 Å². The van der Waals surface area contributed by atoms with Gasteiger partial charge in [-0.05, 0) is 24.6 Å². The molecule has 10 heteroatoms. The molecule has 1 N–H and O–H groups in total. The Hall–Kier alpha value is -3.30. The van der Waals surface area contributed by atoms with E-state index in [1.165, 1.54) is 18.7 Å². The molecule has 3 aromatic rings. The third-order valence-corrected chi connectivity index (χ3v) is 4.51. The smallest absolute Gasteiger partial charge is 0.417 e. The quantitative estimate of drug-likeness (QED) is 0.703. The lowest BCUT2D eigenvalue weighted by Crippen LogP contribution is -2.33. The molecule has 0 bridgehead atoms. The Morgan fingerprint density at radius 2 is 1.90 bits per heavy atom. The summed E-state index contributed by atoms with van der Waals surface area (Å²) in [4.78, 5) is 24.7. The van der Waals surface area contributed by atoms with E-state index in [2.05, 4.69) is 10.4 Å². The van der Waals surface area contributed by atoms with Crippen molar-refractivity contribution in [2.24, 2.45) is 7.05 Å². The Kier molecular flexibility index (Phi) is 5.36. The maximum absolute atomic E-state index is 13.4. The van der Waals surface area contributed by atoms with Gasteiger partial charge in [0.25, 0.3) is 5.56 Å². The fraction of sp³-hybridized carbons (Fsp3) is 0.316. The number of benzene rings is 1. The minimum absolute atomic E-state index is 0.0538. The van der Waals surface area contributed by atoms with Crippen LogP contribution in [0.4, 0.5) is 13.2 Å². The average Bonchev–Trinajstić information content (AvgIpc) is 2.95. The van der Waals surface area contributed by atoms with E-state index in [0.29, 0.717) is 11.8 Å². The molecule has 0 saturated heterocycles. The average molecular weight is 408 g/mol. The Balaban J connectivity index is 1.89. The number of methoxy groups -OCH3 is 1. The van der Waals surface area contributed by atoms with Crippen LogP contribution in [-0.2, 0) is 31.1 Å². The van der Waals surface area contributed by atoms with Crippen LogP contribution < -0.4 is 15.6 Å². The van der Waals surface area contributed by atoms with E-state index in [9.17, 15) is 22.8 Å². The Labute approximate surface area is 163 Å². The van der Waals surface area contributed by atoms with E-state index < -0.39 is 29.8 Å². The number of carbonyl (C=O) groups is 1. The van der Waals surface area contributed by atoms with Gasteiger partial charge >= 0.3 is 6.18 Å². The standard InChI is InChI=1S/C19H19F3N4O3/c1-11-17-14(19(20,21)22)8-16(28)26(18(17)25(2)24-11)10-15(27)23-9-12-4-6-13(29-3)7-5-12/h4-8H,9-10H2,1-3H3,(H,23,27). The van der Waals surface area contributed by atoms with E-state index >= 15 is 0 Å². The summed E-state index contributed by atoms with van der Waals surface area (Å²) in [6.45, 7) is 1.20. The number of hydrogen-bond donors (Lipinski definition) is 1. The highest BCUT2D eigenvalue weighted by molar-refractivity contribution is 5.85. The fourth-order valence-corrected chi connectivity index (χ4v) is 3.17. The van der Waals surface area contributed by atoms with Gasteiger partial charge in [-0.25, -0.2) is 0 Å². The number of rotatable bonds is 5. The molecule has 0 saturated carbocycles. The fourth-order valence-electron chi connectivity index (χ4n) is 3.17. The molecule has 0 aliphatic carbocycles. The molecular formula is C19H19F3N4O3. The normalized spacial score (nSPS) is 11.7. The molecule has 0 fully saturated rings. The molecule has 154 valence electrons. The molecule has 3 rings (SSSR count). The van der Waals surface area contributed by atoms with Crippen molar-refractivity contribution in [1.82, 2.24) is 19.7 Å². The minimum atomic E-state index is -4.71. The van der Waals surface area contributed by atoms with Gasteiger partial charge in [0.15, 0.2) is 0 Å². The summed E-state index contributed by atoms with van der Waals surface area (Å²) in [6.07, 6.45) is -4.71. The summed E-state index contributed by atoms with van der Waals surface area (Å²) in [5.74, 6) is 0.160. The lowest BCUT2D eigenvalue weighted by atomic mass is 10.1. The predicted molar refractivity (Wildman–Crippen MR) is 99.6 cm³/mol. The van der Waals surface area contributed by atoms with Crippen molar-refractivity contribution in [1.29, 1.82) is 0 Å². The van der Waals surface area contributed by atoms with Crippen molar-refractivity contribution < 1.29 is 22.7 Å². The third-order valence-electron chi connectivity index (χ3n) is 4.51. The Bertz CT molecular complexity index is 1110. The number of nitrogens with one attached hydrogen (secondary N) is 1. The van der Waals surface area contributed by atoms with Gasteiger partial charge in [0, 0.05) is 19.7 Å². The number of aryl methyl sites for hydroxylation is 2. The van der Waals surface area contributed by atoms with Crippen LogP contribution in [-0.4, -0.2) is 27.4 Å². The molecule has 1 amide bonds. The number of pyridine rings is 1. The van der Waals surface area contributed by atoms with E-state index in [4.69, 9.17) is 4.74 Å². The summed E-state index contributed by atoms with van der Waals surface area (Å²) in [5, 5.41) is 6.46. The highest BCUT2D eigenvalue weighted by Gasteiger charge is 2.36. The number of fused-ring (bicyclic) bond motifs is 1. The molecule has 7 nitrogen and oxygen atoms in total. The van der Waals surface area contributed by atoms with Crippen LogP contribution in [0.3, 0.4) is 0 Å². The van der Waals surface area contributed by atoms with Gasteiger partial charge < -0.3 is 10.1 Å². The number of alkyl halides is 3. The minimum Gasteiger partial charge on any atom is -0.497 e. The van der Waals surface area contributed by atoms with E-state index in [1.807, 2.05) is 0 Å². The zero-order valence-electron chi connectivity index (χ0n) is 16.0. The first-order valence-corrected chi connectivity index (χ1v) is 8.65. The second kappa shape index (κ2) is 7.61. The molecule has 0 atom stereocenters. The number of nitrogens with zero attached hydrogens (tertiary/aromatic N) is 3. The van der Waals surface area contributed by atoms with Crippen molar-refractivity contribution in [2.45, 2.75) is 26.2 Å². The van der Waals surface area contributed by atoms with Crippen LogP contribution in [0.5, 0.6) is 5.75 Å². The van der Waals surface area contributed by atoms with Crippen molar-refractivity contribution >= 4 is 16.9 Å². The van der Waals surface area contributed by atoms with Crippen LogP contribution in [0.2, 0.25) is 0 Å². The first-order valence-electron chi connectivity index (χ1n) is 8.65. The van der Waals surface area contributed by atoms with Crippen molar-refractivity contribution in [2.75, 3.05) is 7.11 Å². The maximum atomic E-state index is 13.4. The molecule has 0 spiro atoms. The zero-order valence-corrected chi connectivity index (χ0v) is 16.0. The molecule has 2 aromatic heterocycles. The summed E-state index contributed by atoms with van der Waals surface area (Å²) < 4.78 is 47.3. The largest absolute Gasteiger partial charge is 0.497 e. The molecule has 0 radical (unpaired) electrons. The van der Waals surface area contributed by atoms with E-state index in [1.54, 1.807) is 31.4 Å². The van der Waals surface area contributed by atoms with Crippen LogP contribution in [0, 0.1) is 6.92 Å². The first-order chi connectivity index (χ1) is 13.6. The Morgan fingerprint density at radius 1 is 1.24 bits per heavy atom. The van der Waals surface area contributed by atoms with Crippen LogP contribution in [0.15, 0.2) is 35.1 Å². The number of ether oxygens (including phenoxy) is 1. The molecular weight excluding hydrogens is 389 g/mol. The van der Waals surface area contributed by atoms with Crippen molar-refractivity contribution in [3.63, 3.8) is 0 Å². The summed E-state index contributed by atoms with van der Waals surface area (Å²) in [6, 6.07) is 7.53. The SMILES string of the molecule is COc1ccc(CNC(=O)Cn2c(=O)cc(C(F)(F)F)c3c(C)nn(C)c32)cc1. The summed E-state index contributed by atoms with van der Waals surface area (Å²) in [7, 11) is 2.97. The second-order valence-corrected chi connectivity index (χ2v) is 6.51. The van der Waals surface area contributed by atoms with Crippen LogP contribution in [0.1, 0.15) is 16.8 Å². The maximum Gasteiger partial charge on any atom is 0.417 e. The topological polar surface area (TPSA) is 78.2 Å². The summed E-state index contributed by atoms with van der Waals surface area (Å²) in [5.41, 5.74) is -1.10. The van der Waals surface area contributed by atoms with Gasteiger partial charge in [-0.1, -0.05) is 12.1 Å². The second-order valence-electron chi connectivity index (χ2n) is 6.51. The molecule has 1 aromatic carbocycles. The molecule has 2 heterocycles. The van der Waals surface area contributed by atoms with E-state index in [-0.39, 0.29) is 23.3 Å². The molecule has 0 aliphatic heterocycles. The predicted octanol–water partition coefficient (Wildman–Crippen LogP) is 2.39. The van der Waals surface area contributed by atoms with E-state index in [0.717, 1.165) is 10.1 Å². The summed E-state index contributed by atoms with van der Waals surface area (Å²) >= 11 is 0. The number of carbonyl (C=O) groups excluding carboxylic acids is 1. The van der Waals surface area contributed by atoms with Crippen LogP contribution in [0.25, 0.3) is 11.0 Å². The lowest BCUT2D eigenvalue weighted by Gasteiger charge is -2.14. The van der Waals surface area contributed by atoms with Gasteiger partial charge in [0.1, 0.15) is 17.9 Å². The highest BCUT2D eigenvalue weighted by Crippen LogP contribution is 2.35. The number of amides is 1. The van der Waals surface area contributed by atoms with Crippen molar-refractivity contribution in [3.8, 4) is 5.75 Å². The molecule has 0 aliphatic rings. The van der Waals surface area contributed by atoms with Crippen molar-refractivity contribution in [3.05, 3.63) is 57.5 Å². The molecule has 29 heavy (non-hydrogen) atoms. The van der Waals surface area contributed by atoms with Gasteiger partial charge in [-0.3, -0.25) is 18.8 Å². The number of hydrogen-bond acceptors (Lipinski definition) is 4. The monoisotopic (exact) mass is 408 g/mol. The molecule has 0 unspecified atom stereocenters. The van der Waals surface area contributed by atoms with Crippen LogP contribution >= 0.6 is 0 Å². The van der Waals surface area contributed by atoms with Gasteiger partial charge in [-0.2, -0.15) is 18.3 Å². The van der Waals surface area contributed by atoms with Gasteiger partial charge in [0.2, 0.25) is 5.91 Å². The number of halogens is 3. The lowest BCUT2D eigenvalue weighted by molar-refractivity contribution is -0.136. The zero-order chi connectivity index (χ0) is 21.3. The third kappa shape index (κ3) is 4.10.